The van der Waals surface area contributed by atoms with Crippen LogP contribution in [0, 0.1) is 5.92 Å². The number of rotatable bonds is 6. The van der Waals surface area contributed by atoms with Crippen molar-refractivity contribution in [3.63, 3.8) is 0 Å². The van der Waals surface area contributed by atoms with Crippen molar-refractivity contribution in [1.82, 2.24) is 20.4 Å². The minimum atomic E-state index is -0.103. The van der Waals surface area contributed by atoms with Gasteiger partial charge >= 0.3 is 0 Å². The molecular weight excluding hydrogens is 370 g/mol. The quantitative estimate of drug-likeness (QED) is 0.686. The van der Waals surface area contributed by atoms with Crippen molar-refractivity contribution in [2.75, 3.05) is 25.1 Å². The van der Waals surface area contributed by atoms with Crippen molar-refractivity contribution in [1.29, 1.82) is 0 Å². The van der Waals surface area contributed by atoms with Gasteiger partial charge in [0.2, 0.25) is 5.91 Å². The third kappa shape index (κ3) is 3.87. The number of piperidine rings is 1. The molecule has 8 nitrogen and oxygen atoms in total. The van der Waals surface area contributed by atoms with E-state index in [1.807, 2.05) is 31.2 Å². The molecule has 0 radical (unpaired) electrons. The summed E-state index contributed by atoms with van der Waals surface area (Å²) in [7, 11) is 1.64. The third-order valence-electron chi connectivity index (χ3n) is 5.40. The van der Waals surface area contributed by atoms with Crippen LogP contribution in [0.4, 0.5) is 5.82 Å². The van der Waals surface area contributed by atoms with E-state index in [-0.39, 0.29) is 11.8 Å². The number of nitrogens with one attached hydrogen (secondary N) is 1. The van der Waals surface area contributed by atoms with Gasteiger partial charge < -0.3 is 19.5 Å². The van der Waals surface area contributed by atoms with Crippen molar-refractivity contribution < 1.29 is 14.1 Å². The number of methoxy groups -OCH3 is 1. The van der Waals surface area contributed by atoms with Gasteiger partial charge in [-0.15, -0.1) is 0 Å². The number of para-hydroxylation sites is 1. The molecule has 1 amide bonds. The first-order chi connectivity index (χ1) is 14.2. The summed E-state index contributed by atoms with van der Waals surface area (Å²) in [5, 5.41) is 8.02. The summed E-state index contributed by atoms with van der Waals surface area (Å²) in [5.74, 6) is 1.52. The molecule has 2 aromatic heterocycles. The van der Waals surface area contributed by atoms with Crippen LogP contribution in [0.15, 0.2) is 35.1 Å². The van der Waals surface area contributed by atoms with Gasteiger partial charge in [-0.3, -0.25) is 4.79 Å². The molecule has 4 rings (SSSR count). The SMILES string of the molecule is CCc1noc2ncnc(N3CCCC(C(=O)NCc4ccccc4OC)C3)c12. The fraction of sp³-hybridized carbons (Fsp3) is 0.429. The smallest absolute Gasteiger partial charge is 0.263 e. The van der Waals surface area contributed by atoms with E-state index in [4.69, 9.17) is 9.26 Å². The molecule has 3 aromatic rings. The van der Waals surface area contributed by atoms with Crippen molar-refractivity contribution in [2.45, 2.75) is 32.7 Å². The van der Waals surface area contributed by atoms with Crippen molar-refractivity contribution in [2.24, 2.45) is 5.92 Å². The fourth-order valence-corrected chi connectivity index (χ4v) is 3.87. The van der Waals surface area contributed by atoms with E-state index in [1.54, 1.807) is 7.11 Å². The van der Waals surface area contributed by atoms with Gasteiger partial charge in [-0.25, -0.2) is 4.98 Å². The number of carbonyl (C=O) groups excluding carboxylic acids is 1. The highest BCUT2D eigenvalue weighted by Gasteiger charge is 2.28. The Bertz CT molecular complexity index is 1000. The molecule has 1 atom stereocenters. The van der Waals surface area contributed by atoms with Crippen LogP contribution in [0.5, 0.6) is 5.75 Å². The zero-order valence-electron chi connectivity index (χ0n) is 16.7. The second kappa shape index (κ2) is 8.46. The monoisotopic (exact) mass is 395 g/mol. The van der Waals surface area contributed by atoms with Crippen molar-refractivity contribution in [3.05, 3.63) is 41.9 Å². The van der Waals surface area contributed by atoms with E-state index < -0.39 is 0 Å². The molecule has 152 valence electrons. The number of hydrogen-bond acceptors (Lipinski definition) is 7. The predicted molar refractivity (Wildman–Crippen MR) is 109 cm³/mol. The Morgan fingerprint density at radius 3 is 3.03 bits per heavy atom. The van der Waals surface area contributed by atoms with E-state index in [0.29, 0.717) is 18.8 Å². The number of benzene rings is 1. The summed E-state index contributed by atoms with van der Waals surface area (Å²) in [6, 6.07) is 7.72. The topological polar surface area (TPSA) is 93.4 Å². The number of amides is 1. The molecule has 1 aliphatic rings. The van der Waals surface area contributed by atoms with Crippen LogP contribution < -0.4 is 15.0 Å². The summed E-state index contributed by atoms with van der Waals surface area (Å²) >= 11 is 0. The van der Waals surface area contributed by atoms with Gasteiger partial charge in [0.15, 0.2) is 0 Å². The normalized spacial score (nSPS) is 16.8. The molecule has 0 spiro atoms. The summed E-state index contributed by atoms with van der Waals surface area (Å²) in [6.07, 6.45) is 4.01. The summed E-state index contributed by atoms with van der Waals surface area (Å²) in [5.41, 5.74) is 2.30. The lowest BCUT2D eigenvalue weighted by Crippen LogP contribution is -2.43. The average Bonchev–Trinajstić information content (AvgIpc) is 3.21. The van der Waals surface area contributed by atoms with Gasteiger partial charge in [0, 0.05) is 25.2 Å². The van der Waals surface area contributed by atoms with Gasteiger partial charge in [0.1, 0.15) is 23.3 Å². The Balaban J connectivity index is 1.47. The second-order valence-corrected chi connectivity index (χ2v) is 7.18. The highest BCUT2D eigenvalue weighted by Crippen LogP contribution is 2.30. The van der Waals surface area contributed by atoms with E-state index in [9.17, 15) is 4.79 Å². The molecule has 1 saturated heterocycles. The minimum absolute atomic E-state index is 0.0481. The highest BCUT2D eigenvalue weighted by atomic mass is 16.5. The van der Waals surface area contributed by atoms with E-state index in [2.05, 4.69) is 25.3 Å². The Labute approximate surface area is 169 Å². The highest BCUT2D eigenvalue weighted by molar-refractivity contribution is 5.88. The van der Waals surface area contributed by atoms with Gasteiger partial charge in [-0.2, -0.15) is 4.98 Å². The van der Waals surface area contributed by atoms with Crippen LogP contribution >= 0.6 is 0 Å². The summed E-state index contributed by atoms with van der Waals surface area (Å²) in [6.45, 7) is 3.93. The zero-order valence-corrected chi connectivity index (χ0v) is 16.7. The van der Waals surface area contributed by atoms with Crippen LogP contribution in [0.3, 0.4) is 0 Å². The summed E-state index contributed by atoms with van der Waals surface area (Å²) < 4.78 is 10.7. The zero-order chi connectivity index (χ0) is 20.2. The van der Waals surface area contributed by atoms with Gasteiger partial charge in [-0.1, -0.05) is 30.3 Å². The van der Waals surface area contributed by atoms with Crippen LogP contribution in [0.25, 0.3) is 11.1 Å². The number of anilines is 1. The average molecular weight is 395 g/mol. The fourth-order valence-electron chi connectivity index (χ4n) is 3.87. The predicted octanol–water partition coefficient (Wildman–Crippen LogP) is 2.72. The molecule has 29 heavy (non-hydrogen) atoms. The largest absolute Gasteiger partial charge is 0.496 e. The van der Waals surface area contributed by atoms with Gasteiger partial charge in [0.05, 0.1) is 18.7 Å². The van der Waals surface area contributed by atoms with Gasteiger partial charge in [-0.05, 0) is 25.3 Å². The number of nitrogens with zero attached hydrogens (tertiary/aromatic N) is 4. The molecule has 8 heteroatoms. The number of aromatic nitrogens is 3. The molecule has 0 bridgehead atoms. The van der Waals surface area contributed by atoms with Crippen molar-refractivity contribution in [3.8, 4) is 5.75 Å². The van der Waals surface area contributed by atoms with Crippen LogP contribution in [0.1, 0.15) is 31.0 Å². The molecule has 0 aliphatic carbocycles. The Morgan fingerprint density at radius 1 is 1.34 bits per heavy atom. The molecule has 3 heterocycles. The number of hydrogen-bond donors (Lipinski definition) is 1. The van der Waals surface area contributed by atoms with Crippen molar-refractivity contribution >= 4 is 22.8 Å². The lowest BCUT2D eigenvalue weighted by molar-refractivity contribution is -0.125. The Hall–Kier alpha value is -3.16. The molecule has 0 saturated carbocycles. The van der Waals surface area contributed by atoms with Gasteiger partial charge in [0.25, 0.3) is 5.71 Å². The molecule has 1 N–H and O–H groups in total. The minimum Gasteiger partial charge on any atom is -0.496 e. The van der Waals surface area contributed by atoms with Crippen LogP contribution in [-0.4, -0.2) is 41.2 Å². The third-order valence-corrected chi connectivity index (χ3v) is 5.40. The lowest BCUT2D eigenvalue weighted by atomic mass is 9.96. The first-order valence-corrected chi connectivity index (χ1v) is 9.95. The molecule has 1 aromatic carbocycles. The van der Waals surface area contributed by atoms with Crippen LogP contribution in [-0.2, 0) is 17.8 Å². The Kier molecular flexibility index (Phi) is 5.59. The second-order valence-electron chi connectivity index (χ2n) is 7.18. The number of aryl methyl sites for hydroxylation is 1. The maximum absolute atomic E-state index is 12.8. The first-order valence-electron chi connectivity index (χ1n) is 9.95. The standard InChI is InChI=1S/C21H25N5O3/c1-3-16-18-19(23-13-24-21(18)29-25-16)26-10-6-8-15(12-26)20(27)22-11-14-7-4-5-9-17(14)28-2/h4-5,7,9,13,15H,3,6,8,10-12H2,1-2H3,(H,22,27). The molecular formula is C21H25N5O3. The van der Waals surface area contributed by atoms with Crippen LogP contribution in [0.2, 0.25) is 0 Å². The Morgan fingerprint density at radius 2 is 2.21 bits per heavy atom. The lowest BCUT2D eigenvalue weighted by Gasteiger charge is -2.33. The number of fused-ring (bicyclic) bond motifs is 1. The number of ether oxygens (including phenoxy) is 1. The molecule has 1 fully saturated rings. The van der Waals surface area contributed by atoms with E-state index in [0.717, 1.165) is 54.0 Å². The van der Waals surface area contributed by atoms with E-state index >= 15 is 0 Å². The number of carbonyl (C=O) groups is 1. The maximum atomic E-state index is 12.8. The molecule has 1 unspecified atom stereocenters. The summed E-state index contributed by atoms with van der Waals surface area (Å²) in [4.78, 5) is 23.7. The molecule has 1 aliphatic heterocycles. The first kappa shape index (κ1) is 19.2. The maximum Gasteiger partial charge on any atom is 0.263 e. The van der Waals surface area contributed by atoms with E-state index in [1.165, 1.54) is 6.33 Å².